The van der Waals surface area contributed by atoms with Crippen LogP contribution in [0.3, 0.4) is 0 Å². The Morgan fingerprint density at radius 1 is 1.64 bits per heavy atom. The summed E-state index contributed by atoms with van der Waals surface area (Å²) in [6.45, 7) is 0.844. The van der Waals surface area contributed by atoms with Gasteiger partial charge in [0.05, 0.1) is 11.0 Å². The maximum absolute atomic E-state index is 5.34. The van der Waals surface area contributed by atoms with Crippen molar-refractivity contribution >= 4 is 27.7 Å². The predicted octanol–water partition coefficient (Wildman–Crippen LogP) is 3.03. The van der Waals surface area contributed by atoms with Crippen LogP contribution in [0.1, 0.15) is 18.6 Å². The van der Waals surface area contributed by atoms with Crippen LogP contribution in [0.15, 0.2) is 21.2 Å². The van der Waals surface area contributed by atoms with Gasteiger partial charge >= 0.3 is 0 Å². The van der Waals surface area contributed by atoms with Crippen LogP contribution in [0.2, 0.25) is 0 Å². The zero-order valence-electron chi connectivity index (χ0n) is 7.96. The van der Waals surface area contributed by atoms with Gasteiger partial charge in [-0.05, 0) is 40.6 Å². The molecule has 0 radical (unpaired) electrons. The summed E-state index contributed by atoms with van der Waals surface area (Å²) in [7, 11) is 0. The van der Waals surface area contributed by atoms with Gasteiger partial charge in [-0.15, -0.1) is 0 Å². The quantitative estimate of drug-likeness (QED) is 0.918. The Labute approximate surface area is 97.0 Å². The molecule has 1 aliphatic rings. The van der Waals surface area contributed by atoms with Gasteiger partial charge in [-0.3, -0.25) is 0 Å². The van der Waals surface area contributed by atoms with Crippen LogP contribution in [0.5, 0.6) is 0 Å². The van der Waals surface area contributed by atoms with Crippen molar-refractivity contribution in [1.29, 1.82) is 0 Å². The predicted molar refractivity (Wildman–Crippen MR) is 63.6 cm³/mol. The fourth-order valence-electron chi connectivity index (χ4n) is 1.59. The summed E-state index contributed by atoms with van der Waals surface area (Å²) in [5, 5.41) is 3.52. The van der Waals surface area contributed by atoms with Crippen LogP contribution in [-0.4, -0.2) is 17.5 Å². The van der Waals surface area contributed by atoms with E-state index in [1.54, 1.807) is 6.26 Å². The van der Waals surface area contributed by atoms with Crippen molar-refractivity contribution in [3.63, 3.8) is 0 Å². The smallest absolute Gasteiger partial charge is 0.118 e. The molecule has 0 spiro atoms. The van der Waals surface area contributed by atoms with E-state index in [1.165, 1.54) is 24.3 Å². The van der Waals surface area contributed by atoms with E-state index in [9.17, 15) is 0 Å². The topological polar surface area (TPSA) is 25.2 Å². The minimum Gasteiger partial charge on any atom is -0.467 e. The van der Waals surface area contributed by atoms with Gasteiger partial charge in [-0.1, -0.05) is 0 Å². The highest BCUT2D eigenvalue weighted by Gasteiger charge is 2.13. The first-order valence-corrected chi connectivity index (χ1v) is 6.83. The number of hydrogen-bond acceptors (Lipinski definition) is 3. The zero-order valence-corrected chi connectivity index (χ0v) is 10.4. The molecule has 0 aliphatic carbocycles. The molecule has 1 fully saturated rings. The van der Waals surface area contributed by atoms with Crippen LogP contribution in [0.25, 0.3) is 0 Å². The summed E-state index contributed by atoms with van der Waals surface area (Å²) >= 11 is 5.41. The lowest BCUT2D eigenvalue weighted by atomic mass is 10.2. The average molecular weight is 276 g/mol. The minimum absolute atomic E-state index is 0.664. The van der Waals surface area contributed by atoms with E-state index in [0.29, 0.717) is 6.04 Å². The SMILES string of the molecule is Brc1coc(CNC2CCCSC2)c1. The number of halogens is 1. The van der Waals surface area contributed by atoms with E-state index in [2.05, 4.69) is 21.2 Å². The van der Waals surface area contributed by atoms with Gasteiger partial charge < -0.3 is 9.73 Å². The summed E-state index contributed by atoms with van der Waals surface area (Å²) in [5.74, 6) is 3.57. The summed E-state index contributed by atoms with van der Waals surface area (Å²) in [4.78, 5) is 0. The van der Waals surface area contributed by atoms with Gasteiger partial charge in [0, 0.05) is 11.8 Å². The van der Waals surface area contributed by atoms with Gasteiger partial charge in [0.15, 0.2) is 0 Å². The highest BCUT2D eigenvalue weighted by atomic mass is 79.9. The molecule has 0 amide bonds. The lowest BCUT2D eigenvalue weighted by Crippen LogP contribution is -2.33. The number of thioether (sulfide) groups is 1. The van der Waals surface area contributed by atoms with Crippen LogP contribution in [-0.2, 0) is 6.54 Å². The fraction of sp³-hybridized carbons (Fsp3) is 0.600. The Bertz CT molecular complexity index is 283. The third kappa shape index (κ3) is 3.04. The third-order valence-corrected chi connectivity index (χ3v) is 3.98. The summed E-state index contributed by atoms with van der Waals surface area (Å²) in [6.07, 6.45) is 4.37. The van der Waals surface area contributed by atoms with E-state index < -0.39 is 0 Å². The molecule has 1 aromatic rings. The molecule has 1 atom stereocenters. The molecule has 1 unspecified atom stereocenters. The van der Waals surface area contributed by atoms with Crippen molar-refractivity contribution in [2.75, 3.05) is 11.5 Å². The molecular formula is C10H14BrNOS. The first kappa shape index (κ1) is 10.6. The first-order chi connectivity index (χ1) is 6.84. The molecule has 1 aromatic heterocycles. The molecule has 2 heterocycles. The second-order valence-electron chi connectivity index (χ2n) is 3.53. The second-order valence-corrected chi connectivity index (χ2v) is 5.59. The van der Waals surface area contributed by atoms with Crippen LogP contribution < -0.4 is 5.32 Å². The number of furan rings is 1. The first-order valence-electron chi connectivity index (χ1n) is 4.88. The van der Waals surface area contributed by atoms with Crippen molar-refractivity contribution in [3.05, 3.63) is 22.6 Å². The minimum atomic E-state index is 0.664. The van der Waals surface area contributed by atoms with Crippen molar-refractivity contribution in [1.82, 2.24) is 5.32 Å². The Balaban J connectivity index is 1.76. The van der Waals surface area contributed by atoms with E-state index in [4.69, 9.17) is 4.42 Å². The van der Waals surface area contributed by atoms with Gasteiger partial charge in [-0.2, -0.15) is 11.8 Å². The van der Waals surface area contributed by atoms with Crippen molar-refractivity contribution in [2.24, 2.45) is 0 Å². The Morgan fingerprint density at radius 2 is 2.57 bits per heavy atom. The number of nitrogens with one attached hydrogen (secondary N) is 1. The molecule has 1 N–H and O–H groups in total. The highest BCUT2D eigenvalue weighted by Crippen LogP contribution is 2.18. The fourth-order valence-corrected chi connectivity index (χ4v) is 3.05. The summed E-state index contributed by atoms with van der Waals surface area (Å²) in [6, 6.07) is 2.68. The molecule has 2 rings (SSSR count). The number of rotatable bonds is 3. The summed E-state index contributed by atoms with van der Waals surface area (Å²) in [5.41, 5.74) is 0. The normalized spacial score (nSPS) is 22.5. The highest BCUT2D eigenvalue weighted by molar-refractivity contribution is 9.10. The Kier molecular flexibility index (Phi) is 3.96. The molecular weight excluding hydrogens is 262 g/mol. The van der Waals surface area contributed by atoms with Gasteiger partial charge in [0.2, 0.25) is 0 Å². The standard InChI is InChI=1S/C10H14BrNOS/c11-8-4-10(13-6-8)5-12-9-2-1-3-14-7-9/h4,6,9,12H,1-3,5,7H2. The van der Waals surface area contributed by atoms with Gasteiger partial charge in [0.1, 0.15) is 12.0 Å². The monoisotopic (exact) mass is 275 g/mol. The molecule has 14 heavy (non-hydrogen) atoms. The van der Waals surface area contributed by atoms with Gasteiger partial charge in [0.25, 0.3) is 0 Å². The van der Waals surface area contributed by atoms with Crippen LogP contribution in [0, 0.1) is 0 Å². The maximum Gasteiger partial charge on any atom is 0.118 e. The van der Waals surface area contributed by atoms with E-state index >= 15 is 0 Å². The molecule has 0 aromatic carbocycles. The van der Waals surface area contributed by atoms with Crippen molar-refractivity contribution < 1.29 is 4.42 Å². The zero-order chi connectivity index (χ0) is 9.80. The van der Waals surface area contributed by atoms with Crippen LogP contribution >= 0.6 is 27.7 Å². The lowest BCUT2D eigenvalue weighted by Gasteiger charge is -2.21. The third-order valence-electron chi connectivity index (χ3n) is 2.35. The average Bonchev–Trinajstić information content (AvgIpc) is 2.63. The van der Waals surface area contributed by atoms with E-state index in [-0.39, 0.29) is 0 Å². The van der Waals surface area contributed by atoms with Crippen LogP contribution in [0.4, 0.5) is 0 Å². The second kappa shape index (κ2) is 5.24. The lowest BCUT2D eigenvalue weighted by molar-refractivity contribution is 0.441. The van der Waals surface area contributed by atoms with Crippen molar-refractivity contribution in [3.8, 4) is 0 Å². The molecule has 1 saturated heterocycles. The van der Waals surface area contributed by atoms with Crippen molar-refractivity contribution in [2.45, 2.75) is 25.4 Å². The van der Waals surface area contributed by atoms with E-state index in [1.807, 2.05) is 17.8 Å². The molecule has 0 bridgehead atoms. The molecule has 1 aliphatic heterocycles. The Hall–Kier alpha value is 0.0700. The van der Waals surface area contributed by atoms with Gasteiger partial charge in [-0.25, -0.2) is 0 Å². The molecule has 0 saturated carbocycles. The number of hydrogen-bond donors (Lipinski definition) is 1. The molecule has 4 heteroatoms. The van der Waals surface area contributed by atoms with E-state index in [0.717, 1.165) is 16.8 Å². The maximum atomic E-state index is 5.34. The molecule has 2 nitrogen and oxygen atoms in total. The largest absolute Gasteiger partial charge is 0.467 e. The molecule has 78 valence electrons. The summed E-state index contributed by atoms with van der Waals surface area (Å²) < 4.78 is 6.36. The Morgan fingerprint density at radius 3 is 3.21 bits per heavy atom.